The Morgan fingerprint density at radius 1 is 1.37 bits per heavy atom. The molecule has 1 atom stereocenters. The summed E-state index contributed by atoms with van der Waals surface area (Å²) in [7, 11) is 0. The maximum absolute atomic E-state index is 3.87. The van der Waals surface area contributed by atoms with Crippen molar-refractivity contribution in [2.75, 3.05) is 0 Å². The van der Waals surface area contributed by atoms with Crippen molar-refractivity contribution in [3.63, 3.8) is 0 Å². The first-order valence-corrected chi connectivity index (χ1v) is 7.50. The molecule has 0 spiro atoms. The van der Waals surface area contributed by atoms with Gasteiger partial charge in [0.1, 0.15) is 0 Å². The van der Waals surface area contributed by atoms with Gasteiger partial charge in [0, 0.05) is 21.7 Å². The lowest BCUT2D eigenvalue weighted by atomic mass is 9.75. The van der Waals surface area contributed by atoms with Crippen LogP contribution in [0.2, 0.25) is 0 Å². The van der Waals surface area contributed by atoms with Crippen LogP contribution >= 0.6 is 0 Å². The van der Waals surface area contributed by atoms with E-state index in [-0.39, 0.29) is 5.41 Å². The van der Waals surface area contributed by atoms with Gasteiger partial charge < -0.3 is 4.98 Å². The van der Waals surface area contributed by atoms with Crippen molar-refractivity contribution in [1.82, 2.24) is 4.98 Å². The maximum Gasteiger partial charge on any atom is 0.0415 e. The van der Waals surface area contributed by atoms with Crippen LogP contribution in [-0.4, -0.2) is 4.98 Å². The van der Waals surface area contributed by atoms with Crippen LogP contribution < -0.4 is 10.6 Å². The number of nitrogens with one attached hydrogen (secondary N) is 1. The monoisotopic (exact) mass is 257 g/mol. The van der Waals surface area contributed by atoms with Crippen molar-refractivity contribution < 1.29 is 0 Å². The third-order valence-corrected chi connectivity index (χ3v) is 4.41. The van der Waals surface area contributed by atoms with Gasteiger partial charge in [0.25, 0.3) is 0 Å². The Labute approximate surface area is 117 Å². The molecule has 104 valence electrons. The van der Waals surface area contributed by atoms with Gasteiger partial charge >= 0.3 is 0 Å². The average molecular weight is 257 g/mol. The van der Waals surface area contributed by atoms with Crippen LogP contribution in [-0.2, 0) is 11.8 Å². The van der Waals surface area contributed by atoms with Crippen LogP contribution in [0.1, 0.15) is 58.2 Å². The summed E-state index contributed by atoms with van der Waals surface area (Å²) in [6, 6.07) is 0. The first-order valence-electron chi connectivity index (χ1n) is 7.50. The molecule has 1 N–H and O–H groups in total. The van der Waals surface area contributed by atoms with E-state index >= 15 is 0 Å². The fraction of sp³-hybridized carbons (Fsp3) is 0.556. The Balaban J connectivity index is 2.70. The standard InChI is InChI=1S/C18H27N/c1-6-9-14-15-11-8-10-13(3)12-18(4,5)17(15)19-16(14)7-2/h6-7,9,13,19H,1,8,10-12H2,2-5H3/b14-9-,16-7+. The quantitative estimate of drug-likeness (QED) is 0.793. The zero-order valence-corrected chi connectivity index (χ0v) is 12.8. The van der Waals surface area contributed by atoms with Crippen LogP contribution in [0.5, 0.6) is 0 Å². The summed E-state index contributed by atoms with van der Waals surface area (Å²) >= 11 is 0. The topological polar surface area (TPSA) is 15.8 Å². The second-order valence-electron chi connectivity index (χ2n) is 6.58. The molecule has 1 unspecified atom stereocenters. The van der Waals surface area contributed by atoms with Gasteiger partial charge in [-0.25, -0.2) is 0 Å². The van der Waals surface area contributed by atoms with Crippen molar-refractivity contribution in [2.24, 2.45) is 5.92 Å². The third kappa shape index (κ3) is 2.70. The molecule has 19 heavy (non-hydrogen) atoms. The summed E-state index contributed by atoms with van der Waals surface area (Å²) in [4.78, 5) is 3.68. The van der Waals surface area contributed by atoms with Crippen molar-refractivity contribution in [1.29, 1.82) is 0 Å². The van der Waals surface area contributed by atoms with E-state index < -0.39 is 0 Å². The number of aromatic nitrogens is 1. The van der Waals surface area contributed by atoms with Crippen LogP contribution in [0, 0.1) is 5.92 Å². The van der Waals surface area contributed by atoms with Crippen LogP contribution in [0.25, 0.3) is 12.2 Å². The number of rotatable bonds is 1. The van der Waals surface area contributed by atoms with Crippen molar-refractivity contribution in [3.8, 4) is 0 Å². The Morgan fingerprint density at radius 2 is 2.11 bits per heavy atom. The molecule has 1 aliphatic rings. The fourth-order valence-corrected chi connectivity index (χ4v) is 3.65. The molecule has 0 aliphatic heterocycles. The lowest BCUT2D eigenvalue weighted by Crippen LogP contribution is -2.26. The molecule has 2 rings (SSSR count). The average Bonchev–Trinajstić information content (AvgIpc) is 2.67. The van der Waals surface area contributed by atoms with Gasteiger partial charge in [-0.15, -0.1) is 0 Å². The SMILES string of the molecule is C=C/C=c1/c2c([nH]/c1=C/C)C(C)(C)CC(C)CCC2. The van der Waals surface area contributed by atoms with Gasteiger partial charge in [0.15, 0.2) is 0 Å². The molecule has 1 heteroatoms. The van der Waals surface area contributed by atoms with E-state index in [1.54, 1.807) is 0 Å². The van der Waals surface area contributed by atoms with Crippen molar-refractivity contribution in [2.45, 2.75) is 58.8 Å². The minimum atomic E-state index is 0.236. The molecule has 0 fully saturated rings. The number of hydrogen-bond acceptors (Lipinski definition) is 0. The first kappa shape index (κ1) is 14.2. The predicted octanol–water partition coefficient (Wildman–Crippen LogP) is 3.42. The van der Waals surface area contributed by atoms with E-state index in [1.165, 1.54) is 47.5 Å². The molecule has 0 bridgehead atoms. The predicted molar refractivity (Wildman–Crippen MR) is 84.6 cm³/mol. The zero-order valence-electron chi connectivity index (χ0n) is 12.8. The number of allylic oxidation sites excluding steroid dienone is 1. The maximum atomic E-state index is 3.87. The van der Waals surface area contributed by atoms with Crippen LogP contribution in [0.15, 0.2) is 12.7 Å². The minimum Gasteiger partial charge on any atom is -0.358 e. The van der Waals surface area contributed by atoms with Gasteiger partial charge in [-0.3, -0.25) is 0 Å². The highest BCUT2D eigenvalue weighted by atomic mass is 14.7. The van der Waals surface area contributed by atoms with Crippen molar-refractivity contribution in [3.05, 3.63) is 34.5 Å². The normalized spacial score (nSPS) is 24.7. The zero-order chi connectivity index (χ0) is 14.0. The Kier molecular flexibility index (Phi) is 4.03. The van der Waals surface area contributed by atoms with Crippen molar-refractivity contribution >= 4 is 12.2 Å². The van der Waals surface area contributed by atoms with Crippen LogP contribution in [0.3, 0.4) is 0 Å². The van der Waals surface area contributed by atoms with Gasteiger partial charge in [0.05, 0.1) is 0 Å². The molecule has 0 saturated heterocycles. The molecule has 1 nitrogen and oxygen atoms in total. The smallest absolute Gasteiger partial charge is 0.0415 e. The Morgan fingerprint density at radius 3 is 2.74 bits per heavy atom. The molecular formula is C18H27N. The molecule has 1 heterocycles. The number of aromatic amines is 1. The highest BCUT2D eigenvalue weighted by Gasteiger charge is 2.29. The molecular weight excluding hydrogens is 230 g/mol. The van der Waals surface area contributed by atoms with Gasteiger partial charge in [-0.1, -0.05) is 52.0 Å². The van der Waals surface area contributed by atoms with Gasteiger partial charge in [-0.2, -0.15) is 0 Å². The third-order valence-electron chi connectivity index (χ3n) is 4.41. The fourth-order valence-electron chi connectivity index (χ4n) is 3.65. The molecule has 1 aliphatic carbocycles. The van der Waals surface area contributed by atoms with E-state index in [4.69, 9.17) is 0 Å². The number of fused-ring (bicyclic) bond motifs is 1. The Bertz CT molecular complexity index is 572. The first-order chi connectivity index (χ1) is 8.99. The highest BCUT2D eigenvalue weighted by molar-refractivity contribution is 5.44. The molecule has 0 amide bonds. The lowest BCUT2D eigenvalue weighted by molar-refractivity contribution is 0.339. The summed E-state index contributed by atoms with van der Waals surface area (Å²) in [6.07, 6.45) is 11.3. The summed E-state index contributed by atoms with van der Waals surface area (Å²) < 4.78 is 0. The molecule has 0 saturated carbocycles. The summed E-state index contributed by atoms with van der Waals surface area (Å²) in [5, 5.41) is 2.61. The van der Waals surface area contributed by atoms with E-state index in [0.717, 1.165) is 5.92 Å². The van der Waals surface area contributed by atoms with Crippen LogP contribution in [0.4, 0.5) is 0 Å². The van der Waals surface area contributed by atoms with E-state index in [9.17, 15) is 0 Å². The number of H-pyrrole nitrogens is 1. The number of hydrogen-bond donors (Lipinski definition) is 1. The van der Waals surface area contributed by atoms with E-state index in [2.05, 4.69) is 51.4 Å². The molecule has 0 radical (unpaired) electrons. The second kappa shape index (κ2) is 5.40. The highest BCUT2D eigenvalue weighted by Crippen LogP contribution is 2.34. The second-order valence-corrected chi connectivity index (χ2v) is 6.58. The molecule has 1 aromatic heterocycles. The van der Waals surface area contributed by atoms with E-state index in [0.29, 0.717) is 0 Å². The van der Waals surface area contributed by atoms with E-state index in [1.807, 2.05) is 6.08 Å². The van der Waals surface area contributed by atoms with Gasteiger partial charge in [0.2, 0.25) is 0 Å². The molecule has 1 aromatic rings. The summed E-state index contributed by atoms with van der Waals surface area (Å²) in [5.41, 5.74) is 3.20. The van der Waals surface area contributed by atoms with Gasteiger partial charge in [-0.05, 0) is 37.7 Å². The lowest BCUT2D eigenvalue weighted by Gasteiger charge is -2.31. The molecule has 0 aromatic carbocycles. The summed E-state index contributed by atoms with van der Waals surface area (Å²) in [6.45, 7) is 13.1. The summed E-state index contributed by atoms with van der Waals surface area (Å²) in [5.74, 6) is 0.812. The largest absolute Gasteiger partial charge is 0.358 e. The Hall–Kier alpha value is -1.24. The minimum absolute atomic E-state index is 0.236.